The molecule has 0 aromatic heterocycles. The SMILES string of the molecule is CCNCc1ccccc1NC(=O)CCOc1ccc(C)cc1Br. The zero-order valence-electron chi connectivity index (χ0n) is 14.1. The third-order valence-corrected chi connectivity index (χ3v) is 4.15. The van der Waals surface area contributed by atoms with Crippen LogP contribution in [0.15, 0.2) is 46.9 Å². The van der Waals surface area contributed by atoms with Crippen molar-refractivity contribution >= 4 is 27.5 Å². The molecule has 128 valence electrons. The van der Waals surface area contributed by atoms with Crippen LogP contribution in [-0.4, -0.2) is 19.1 Å². The normalized spacial score (nSPS) is 10.5. The molecule has 5 heteroatoms. The average Bonchev–Trinajstić information content (AvgIpc) is 2.56. The largest absolute Gasteiger partial charge is 0.492 e. The number of carbonyl (C=O) groups excluding carboxylic acids is 1. The Morgan fingerprint density at radius 1 is 1.21 bits per heavy atom. The van der Waals surface area contributed by atoms with Gasteiger partial charge in [0.05, 0.1) is 17.5 Å². The Kier molecular flexibility index (Phi) is 7.28. The second-order valence-electron chi connectivity index (χ2n) is 5.52. The Bertz CT molecular complexity index is 689. The first kappa shape index (κ1) is 18.5. The average molecular weight is 391 g/mol. The van der Waals surface area contributed by atoms with Crippen LogP contribution >= 0.6 is 15.9 Å². The smallest absolute Gasteiger partial charge is 0.227 e. The molecule has 2 aromatic carbocycles. The molecule has 0 spiro atoms. The third-order valence-electron chi connectivity index (χ3n) is 3.53. The minimum absolute atomic E-state index is 0.0535. The first-order valence-corrected chi connectivity index (χ1v) is 8.87. The number of benzene rings is 2. The van der Waals surface area contributed by atoms with Crippen LogP contribution in [0.3, 0.4) is 0 Å². The number of ether oxygens (including phenoxy) is 1. The van der Waals surface area contributed by atoms with Crippen LogP contribution in [0.25, 0.3) is 0 Å². The Morgan fingerprint density at radius 2 is 2.00 bits per heavy atom. The lowest BCUT2D eigenvalue weighted by Gasteiger charge is -2.12. The molecule has 2 rings (SSSR count). The number of hydrogen-bond acceptors (Lipinski definition) is 3. The van der Waals surface area contributed by atoms with E-state index in [0.29, 0.717) is 13.0 Å². The molecule has 2 aromatic rings. The zero-order valence-corrected chi connectivity index (χ0v) is 15.7. The number of amides is 1. The molecule has 0 saturated carbocycles. The van der Waals surface area contributed by atoms with E-state index in [9.17, 15) is 4.79 Å². The maximum atomic E-state index is 12.1. The van der Waals surface area contributed by atoms with Crippen molar-refractivity contribution in [1.82, 2.24) is 5.32 Å². The molecular formula is C19H23BrN2O2. The van der Waals surface area contributed by atoms with E-state index in [1.807, 2.05) is 49.4 Å². The highest BCUT2D eigenvalue weighted by molar-refractivity contribution is 9.10. The van der Waals surface area contributed by atoms with Crippen molar-refractivity contribution in [2.45, 2.75) is 26.8 Å². The highest BCUT2D eigenvalue weighted by Gasteiger charge is 2.08. The molecule has 0 aliphatic rings. The van der Waals surface area contributed by atoms with Crippen LogP contribution in [0.1, 0.15) is 24.5 Å². The fourth-order valence-electron chi connectivity index (χ4n) is 2.25. The van der Waals surface area contributed by atoms with Gasteiger partial charge in [-0.15, -0.1) is 0 Å². The molecule has 0 bridgehead atoms. The second kappa shape index (κ2) is 9.45. The van der Waals surface area contributed by atoms with E-state index in [1.165, 1.54) is 0 Å². The summed E-state index contributed by atoms with van der Waals surface area (Å²) < 4.78 is 6.58. The molecule has 24 heavy (non-hydrogen) atoms. The summed E-state index contributed by atoms with van der Waals surface area (Å²) in [5, 5.41) is 6.23. The molecule has 0 atom stereocenters. The Labute approximate surface area is 151 Å². The van der Waals surface area contributed by atoms with E-state index in [1.54, 1.807) is 0 Å². The van der Waals surface area contributed by atoms with Gasteiger partial charge in [-0.2, -0.15) is 0 Å². The monoisotopic (exact) mass is 390 g/mol. The summed E-state index contributed by atoms with van der Waals surface area (Å²) in [6.07, 6.45) is 0.301. The number of nitrogens with one attached hydrogen (secondary N) is 2. The van der Waals surface area contributed by atoms with Gasteiger partial charge in [0.25, 0.3) is 0 Å². The summed E-state index contributed by atoms with van der Waals surface area (Å²) in [6.45, 7) is 6.04. The van der Waals surface area contributed by atoms with E-state index in [-0.39, 0.29) is 5.91 Å². The summed E-state index contributed by atoms with van der Waals surface area (Å²) in [5.74, 6) is 0.697. The third kappa shape index (κ3) is 5.65. The molecule has 1 amide bonds. The van der Waals surface area contributed by atoms with Crippen molar-refractivity contribution in [3.05, 3.63) is 58.1 Å². The highest BCUT2D eigenvalue weighted by atomic mass is 79.9. The summed E-state index contributed by atoms with van der Waals surface area (Å²) in [7, 11) is 0. The first-order valence-electron chi connectivity index (χ1n) is 8.07. The van der Waals surface area contributed by atoms with Gasteiger partial charge in [0.1, 0.15) is 5.75 Å². The molecule has 0 aliphatic heterocycles. The van der Waals surface area contributed by atoms with Crippen molar-refractivity contribution in [1.29, 1.82) is 0 Å². The van der Waals surface area contributed by atoms with Crippen LogP contribution < -0.4 is 15.4 Å². The molecule has 2 N–H and O–H groups in total. The Balaban J connectivity index is 1.85. The van der Waals surface area contributed by atoms with Crippen LogP contribution in [0.2, 0.25) is 0 Å². The van der Waals surface area contributed by atoms with E-state index >= 15 is 0 Å². The molecule has 0 saturated heterocycles. The van der Waals surface area contributed by atoms with Gasteiger partial charge < -0.3 is 15.4 Å². The lowest BCUT2D eigenvalue weighted by atomic mass is 10.1. The number of anilines is 1. The lowest BCUT2D eigenvalue weighted by Crippen LogP contribution is -2.18. The van der Waals surface area contributed by atoms with Gasteiger partial charge in [-0.25, -0.2) is 0 Å². The highest BCUT2D eigenvalue weighted by Crippen LogP contribution is 2.25. The topological polar surface area (TPSA) is 50.4 Å². The fourth-order valence-corrected chi connectivity index (χ4v) is 2.85. The van der Waals surface area contributed by atoms with Crippen molar-refractivity contribution in [3.63, 3.8) is 0 Å². The Hall–Kier alpha value is -1.85. The van der Waals surface area contributed by atoms with Gasteiger partial charge in [0.15, 0.2) is 0 Å². The maximum Gasteiger partial charge on any atom is 0.227 e. The quantitative estimate of drug-likeness (QED) is 0.707. The maximum absolute atomic E-state index is 12.1. The van der Waals surface area contributed by atoms with Gasteiger partial charge in [-0.1, -0.05) is 31.2 Å². The first-order chi connectivity index (χ1) is 11.6. The second-order valence-corrected chi connectivity index (χ2v) is 6.37. The molecule has 0 heterocycles. The standard InChI is InChI=1S/C19H23BrN2O2/c1-3-21-13-15-6-4-5-7-17(15)22-19(23)10-11-24-18-9-8-14(2)12-16(18)20/h4-9,12,21H,3,10-11,13H2,1-2H3,(H,22,23). The predicted octanol–water partition coefficient (Wildman–Crippen LogP) is 4.27. The number of hydrogen-bond donors (Lipinski definition) is 2. The van der Waals surface area contributed by atoms with Gasteiger partial charge in [0.2, 0.25) is 5.91 Å². The molecule has 0 radical (unpaired) electrons. The van der Waals surface area contributed by atoms with Crippen LogP contribution in [0, 0.1) is 6.92 Å². The van der Waals surface area contributed by atoms with E-state index in [4.69, 9.17) is 4.74 Å². The lowest BCUT2D eigenvalue weighted by molar-refractivity contribution is -0.116. The van der Waals surface area contributed by atoms with Gasteiger partial charge in [0, 0.05) is 12.2 Å². The van der Waals surface area contributed by atoms with Gasteiger partial charge in [-0.05, 0) is 58.7 Å². The fraction of sp³-hybridized carbons (Fsp3) is 0.316. The minimum Gasteiger partial charge on any atom is -0.492 e. The van der Waals surface area contributed by atoms with Crippen LogP contribution in [-0.2, 0) is 11.3 Å². The van der Waals surface area contributed by atoms with Crippen molar-refractivity contribution < 1.29 is 9.53 Å². The molecule has 0 aliphatic carbocycles. The summed E-state index contributed by atoms with van der Waals surface area (Å²) in [6, 6.07) is 13.7. The molecule has 0 unspecified atom stereocenters. The Morgan fingerprint density at radius 3 is 2.75 bits per heavy atom. The number of aryl methyl sites for hydroxylation is 1. The summed E-state index contributed by atoms with van der Waals surface area (Å²) in [4.78, 5) is 12.1. The predicted molar refractivity (Wildman–Crippen MR) is 101 cm³/mol. The van der Waals surface area contributed by atoms with Crippen LogP contribution in [0.5, 0.6) is 5.75 Å². The van der Waals surface area contributed by atoms with E-state index in [2.05, 4.69) is 33.5 Å². The molecular weight excluding hydrogens is 368 g/mol. The van der Waals surface area contributed by atoms with Crippen molar-refractivity contribution in [2.24, 2.45) is 0 Å². The van der Waals surface area contributed by atoms with Gasteiger partial charge in [-0.3, -0.25) is 4.79 Å². The number of carbonyl (C=O) groups is 1. The zero-order chi connectivity index (χ0) is 17.4. The minimum atomic E-state index is -0.0535. The van der Waals surface area contributed by atoms with Gasteiger partial charge >= 0.3 is 0 Å². The number of para-hydroxylation sites is 1. The number of rotatable bonds is 8. The van der Waals surface area contributed by atoms with Crippen LogP contribution in [0.4, 0.5) is 5.69 Å². The molecule has 4 nitrogen and oxygen atoms in total. The molecule has 0 fully saturated rings. The number of halogens is 1. The van der Waals surface area contributed by atoms with E-state index in [0.717, 1.165) is 40.1 Å². The summed E-state index contributed by atoms with van der Waals surface area (Å²) >= 11 is 3.47. The van der Waals surface area contributed by atoms with Crippen molar-refractivity contribution in [3.8, 4) is 5.75 Å². The summed E-state index contributed by atoms with van der Waals surface area (Å²) in [5.41, 5.74) is 3.08. The van der Waals surface area contributed by atoms with Crippen molar-refractivity contribution in [2.75, 3.05) is 18.5 Å². The van der Waals surface area contributed by atoms with E-state index < -0.39 is 0 Å².